The van der Waals surface area contributed by atoms with Gasteiger partial charge >= 0.3 is 0 Å². The molecule has 1 atom stereocenters. The third kappa shape index (κ3) is 4.40. The van der Waals surface area contributed by atoms with Gasteiger partial charge in [0.05, 0.1) is 0 Å². The van der Waals surface area contributed by atoms with Crippen LogP contribution >= 0.6 is 0 Å². The maximum Gasteiger partial charge on any atom is 0.0331 e. The van der Waals surface area contributed by atoms with Crippen molar-refractivity contribution in [3.63, 3.8) is 0 Å². The van der Waals surface area contributed by atoms with E-state index < -0.39 is 0 Å². The van der Waals surface area contributed by atoms with Crippen molar-refractivity contribution >= 4 is 6.21 Å². The Balaban J connectivity index is 2.59. The Morgan fingerprint density at radius 3 is 3.00 bits per heavy atom. The second kappa shape index (κ2) is 5.79. The average Bonchev–Trinajstić information content (AvgIpc) is 2.19. The van der Waals surface area contributed by atoms with Crippen molar-refractivity contribution in [1.29, 1.82) is 0 Å². The van der Waals surface area contributed by atoms with Crippen LogP contribution in [0.5, 0.6) is 0 Å². The molecule has 0 aromatic rings. The molecule has 0 spiro atoms. The lowest BCUT2D eigenvalue weighted by atomic mass is 10.0. The summed E-state index contributed by atoms with van der Waals surface area (Å²) in [5, 5.41) is 0. The Hall–Kier alpha value is -0.850. The SMILES string of the molecule is C=C1CC/C(C)=C\CCCC(C)C=N1. The minimum Gasteiger partial charge on any atom is -0.266 e. The summed E-state index contributed by atoms with van der Waals surface area (Å²) in [6.45, 7) is 8.40. The van der Waals surface area contributed by atoms with E-state index in [2.05, 4.69) is 37.7 Å². The summed E-state index contributed by atoms with van der Waals surface area (Å²) < 4.78 is 0. The highest BCUT2D eigenvalue weighted by atomic mass is 14.7. The van der Waals surface area contributed by atoms with Crippen molar-refractivity contribution in [3.8, 4) is 0 Å². The molecule has 14 heavy (non-hydrogen) atoms. The van der Waals surface area contributed by atoms with Gasteiger partial charge in [-0.25, -0.2) is 0 Å². The largest absolute Gasteiger partial charge is 0.266 e. The first-order valence-electron chi connectivity index (χ1n) is 5.56. The molecule has 0 amide bonds. The summed E-state index contributed by atoms with van der Waals surface area (Å²) in [7, 11) is 0. The van der Waals surface area contributed by atoms with Crippen LogP contribution in [0.4, 0.5) is 0 Å². The van der Waals surface area contributed by atoms with Gasteiger partial charge in [0.1, 0.15) is 0 Å². The average molecular weight is 191 g/mol. The summed E-state index contributed by atoms with van der Waals surface area (Å²) in [6, 6.07) is 0. The summed E-state index contributed by atoms with van der Waals surface area (Å²) >= 11 is 0. The van der Waals surface area contributed by atoms with Gasteiger partial charge in [-0.3, -0.25) is 4.99 Å². The molecule has 1 aliphatic rings. The van der Waals surface area contributed by atoms with E-state index in [1.165, 1.54) is 24.8 Å². The Morgan fingerprint density at radius 1 is 1.43 bits per heavy atom. The maximum absolute atomic E-state index is 4.40. The molecule has 0 radical (unpaired) electrons. The van der Waals surface area contributed by atoms with E-state index >= 15 is 0 Å². The van der Waals surface area contributed by atoms with Crippen LogP contribution in [0.3, 0.4) is 0 Å². The number of allylic oxidation sites excluding steroid dienone is 3. The van der Waals surface area contributed by atoms with Gasteiger partial charge in [0.25, 0.3) is 0 Å². The van der Waals surface area contributed by atoms with Crippen LogP contribution in [0.25, 0.3) is 0 Å². The van der Waals surface area contributed by atoms with Gasteiger partial charge in [-0.1, -0.05) is 25.2 Å². The fourth-order valence-corrected chi connectivity index (χ4v) is 1.60. The zero-order chi connectivity index (χ0) is 10.4. The van der Waals surface area contributed by atoms with Gasteiger partial charge in [0, 0.05) is 11.9 Å². The van der Waals surface area contributed by atoms with Gasteiger partial charge in [-0.2, -0.15) is 0 Å². The molecule has 0 bridgehead atoms. The van der Waals surface area contributed by atoms with E-state index in [9.17, 15) is 0 Å². The number of nitrogens with zero attached hydrogens (tertiary/aromatic N) is 1. The molecule has 0 saturated heterocycles. The highest BCUT2D eigenvalue weighted by molar-refractivity contribution is 5.61. The van der Waals surface area contributed by atoms with Crippen molar-refractivity contribution < 1.29 is 0 Å². The third-order valence-electron chi connectivity index (χ3n) is 2.68. The Kier molecular flexibility index (Phi) is 4.64. The molecule has 0 fully saturated rings. The Labute approximate surface area is 87.6 Å². The van der Waals surface area contributed by atoms with E-state index in [-0.39, 0.29) is 0 Å². The van der Waals surface area contributed by atoms with Crippen molar-refractivity contribution in [2.24, 2.45) is 10.9 Å². The Bertz CT molecular complexity index is 248. The fraction of sp³-hybridized carbons (Fsp3) is 0.615. The molecule has 0 aromatic carbocycles. The van der Waals surface area contributed by atoms with Gasteiger partial charge in [0.15, 0.2) is 0 Å². The summed E-state index contributed by atoms with van der Waals surface area (Å²) in [6.07, 6.45) is 10.3. The highest BCUT2D eigenvalue weighted by Gasteiger charge is 2.00. The second-order valence-corrected chi connectivity index (χ2v) is 4.30. The van der Waals surface area contributed by atoms with E-state index in [1.807, 2.05) is 0 Å². The zero-order valence-electron chi connectivity index (χ0n) is 9.42. The molecular formula is C13H21N. The maximum atomic E-state index is 4.40. The minimum absolute atomic E-state index is 0.596. The molecule has 0 aliphatic carbocycles. The van der Waals surface area contributed by atoms with Crippen LogP contribution in [0, 0.1) is 5.92 Å². The molecule has 0 saturated carbocycles. The smallest absolute Gasteiger partial charge is 0.0331 e. The lowest BCUT2D eigenvalue weighted by molar-refractivity contribution is 0.649. The van der Waals surface area contributed by atoms with Crippen LogP contribution < -0.4 is 0 Å². The lowest BCUT2D eigenvalue weighted by Gasteiger charge is -2.02. The Morgan fingerprint density at radius 2 is 2.21 bits per heavy atom. The van der Waals surface area contributed by atoms with Crippen LogP contribution in [0.1, 0.15) is 46.0 Å². The molecule has 1 heterocycles. The summed E-state index contributed by atoms with van der Waals surface area (Å²) in [4.78, 5) is 4.40. The molecule has 78 valence electrons. The standard InChI is InChI=1S/C13H21N/c1-11-6-4-5-7-12(2)10-14-13(3)9-8-11/h6,10,12H,3-5,7-9H2,1-2H3/b11-6-,14-10?. The fourth-order valence-electron chi connectivity index (χ4n) is 1.60. The van der Waals surface area contributed by atoms with Gasteiger partial charge < -0.3 is 0 Å². The second-order valence-electron chi connectivity index (χ2n) is 4.30. The normalized spacial score (nSPS) is 29.1. The van der Waals surface area contributed by atoms with Crippen LogP contribution in [0.15, 0.2) is 28.9 Å². The topological polar surface area (TPSA) is 12.4 Å². The van der Waals surface area contributed by atoms with Gasteiger partial charge in [-0.15, -0.1) is 0 Å². The number of rotatable bonds is 0. The number of aliphatic imine (C=N–C) groups is 1. The predicted molar refractivity (Wildman–Crippen MR) is 63.6 cm³/mol. The van der Waals surface area contributed by atoms with Crippen molar-refractivity contribution in [1.82, 2.24) is 0 Å². The van der Waals surface area contributed by atoms with Crippen molar-refractivity contribution in [2.45, 2.75) is 46.0 Å². The third-order valence-corrected chi connectivity index (χ3v) is 2.68. The van der Waals surface area contributed by atoms with Crippen LogP contribution in [-0.2, 0) is 0 Å². The van der Waals surface area contributed by atoms with Crippen molar-refractivity contribution in [2.75, 3.05) is 0 Å². The van der Waals surface area contributed by atoms with E-state index in [0.29, 0.717) is 5.92 Å². The number of hydrogen-bond donors (Lipinski definition) is 0. The molecule has 1 heteroatoms. The van der Waals surface area contributed by atoms with E-state index in [4.69, 9.17) is 0 Å². The summed E-state index contributed by atoms with van der Waals surface area (Å²) in [5.41, 5.74) is 2.50. The monoisotopic (exact) mass is 191 g/mol. The summed E-state index contributed by atoms with van der Waals surface area (Å²) in [5.74, 6) is 0.596. The highest BCUT2D eigenvalue weighted by Crippen LogP contribution is 2.15. The lowest BCUT2D eigenvalue weighted by Crippen LogP contribution is -1.95. The van der Waals surface area contributed by atoms with Crippen LogP contribution in [0.2, 0.25) is 0 Å². The minimum atomic E-state index is 0.596. The molecule has 1 rings (SSSR count). The first-order chi connectivity index (χ1) is 6.68. The zero-order valence-corrected chi connectivity index (χ0v) is 9.42. The van der Waals surface area contributed by atoms with Gasteiger partial charge in [0.2, 0.25) is 0 Å². The molecular weight excluding hydrogens is 170 g/mol. The van der Waals surface area contributed by atoms with E-state index in [1.54, 1.807) is 0 Å². The molecule has 1 unspecified atom stereocenters. The molecule has 1 aliphatic heterocycles. The predicted octanol–water partition coefficient (Wildman–Crippen LogP) is 4.12. The van der Waals surface area contributed by atoms with Crippen LogP contribution in [-0.4, -0.2) is 6.21 Å². The molecule has 0 aromatic heterocycles. The quantitative estimate of drug-likeness (QED) is 0.511. The van der Waals surface area contributed by atoms with Crippen molar-refractivity contribution in [3.05, 3.63) is 23.9 Å². The number of hydrogen-bond acceptors (Lipinski definition) is 1. The van der Waals surface area contributed by atoms with E-state index in [0.717, 1.165) is 18.5 Å². The van der Waals surface area contributed by atoms with Gasteiger partial charge in [-0.05, 0) is 44.9 Å². The molecule has 0 N–H and O–H groups in total. The first-order valence-corrected chi connectivity index (χ1v) is 5.56. The molecule has 1 nitrogen and oxygen atoms in total. The first kappa shape index (κ1) is 11.2.